The van der Waals surface area contributed by atoms with Gasteiger partial charge in [-0.25, -0.2) is 13.6 Å². The van der Waals surface area contributed by atoms with Crippen LogP contribution in [0.15, 0.2) is 97.1 Å². The van der Waals surface area contributed by atoms with Crippen molar-refractivity contribution in [2.24, 2.45) is 5.73 Å². The Balaban J connectivity index is 1.60. The molecule has 0 fully saturated rings. The molecule has 0 aliphatic carbocycles. The lowest BCUT2D eigenvalue weighted by atomic mass is 10.0. The summed E-state index contributed by atoms with van der Waals surface area (Å²) in [7, 11) is 0. The highest BCUT2D eigenvalue weighted by atomic mass is 19.2. The van der Waals surface area contributed by atoms with Crippen molar-refractivity contribution < 1.29 is 27.9 Å². The highest BCUT2D eigenvalue weighted by Gasteiger charge is 2.30. The van der Waals surface area contributed by atoms with Gasteiger partial charge in [0.15, 0.2) is 11.6 Å². The summed E-state index contributed by atoms with van der Waals surface area (Å²) in [6.07, 6.45) is 0.142. The first-order chi connectivity index (χ1) is 21.8. The van der Waals surface area contributed by atoms with Crippen LogP contribution in [0.4, 0.5) is 13.6 Å². The summed E-state index contributed by atoms with van der Waals surface area (Å²) in [4.78, 5) is 41.9. The van der Waals surface area contributed by atoms with Crippen LogP contribution in [0.1, 0.15) is 39.5 Å². The van der Waals surface area contributed by atoms with Crippen LogP contribution >= 0.6 is 0 Å². The van der Waals surface area contributed by atoms with E-state index < -0.39 is 35.5 Å². The summed E-state index contributed by atoms with van der Waals surface area (Å²) in [6.45, 7) is 2.72. The molecule has 45 heavy (non-hydrogen) atoms. The first-order valence-electron chi connectivity index (χ1n) is 14.7. The van der Waals surface area contributed by atoms with Gasteiger partial charge in [-0.1, -0.05) is 60.7 Å². The quantitative estimate of drug-likeness (QED) is 0.193. The highest BCUT2D eigenvalue weighted by Crippen LogP contribution is 2.16. The minimum atomic E-state index is -1.13. The molecule has 0 aliphatic rings. The second-order valence-corrected chi connectivity index (χ2v) is 10.3. The van der Waals surface area contributed by atoms with Crippen LogP contribution in [0.3, 0.4) is 0 Å². The van der Waals surface area contributed by atoms with E-state index in [4.69, 9.17) is 10.5 Å². The molecule has 8 nitrogen and oxygen atoms in total. The summed E-state index contributed by atoms with van der Waals surface area (Å²) >= 11 is 0. The van der Waals surface area contributed by atoms with Gasteiger partial charge >= 0.3 is 6.03 Å². The van der Waals surface area contributed by atoms with Crippen LogP contribution in [0.2, 0.25) is 0 Å². The molecular weight excluding hydrogens is 578 g/mol. The average molecular weight is 615 g/mol. The number of imide groups is 1. The lowest BCUT2D eigenvalue weighted by Crippen LogP contribution is -2.54. The maximum absolute atomic E-state index is 14.1. The average Bonchev–Trinajstić information content (AvgIpc) is 3.06. The van der Waals surface area contributed by atoms with E-state index in [1.165, 1.54) is 6.07 Å². The molecule has 4 rings (SSSR count). The molecule has 0 unspecified atom stereocenters. The predicted octanol–water partition coefficient (Wildman–Crippen LogP) is 5.14. The summed E-state index contributed by atoms with van der Waals surface area (Å²) in [6, 6.07) is 24.5. The van der Waals surface area contributed by atoms with E-state index in [1.807, 2.05) is 31.2 Å². The van der Waals surface area contributed by atoms with Gasteiger partial charge in [-0.2, -0.15) is 0 Å². The van der Waals surface area contributed by atoms with Crippen molar-refractivity contribution in [3.63, 3.8) is 0 Å². The minimum absolute atomic E-state index is 0.0595. The van der Waals surface area contributed by atoms with Gasteiger partial charge in [-0.05, 0) is 72.0 Å². The Morgan fingerprint density at radius 3 is 2.11 bits per heavy atom. The Kier molecular flexibility index (Phi) is 11.8. The summed E-state index contributed by atoms with van der Waals surface area (Å²) in [5.41, 5.74) is 8.87. The predicted molar refractivity (Wildman–Crippen MR) is 167 cm³/mol. The fraction of sp³-hybridized carbons (Fsp3) is 0.229. The lowest BCUT2D eigenvalue weighted by molar-refractivity contribution is -0.130. The highest BCUT2D eigenvalue weighted by molar-refractivity contribution is 6.01. The summed E-state index contributed by atoms with van der Waals surface area (Å²) in [5, 5.41) is 5.57. The van der Waals surface area contributed by atoms with Gasteiger partial charge in [-0.3, -0.25) is 14.5 Å². The lowest BCUT2D eigenvalue weighted by Gasteiger charge is -2.27. The molecule has 4 aromatic carbocycles. The minimum Gasteiger partial charge on any atom is -0.494 e. The van der Waals surface area contributed by atoms with Crippen molar-refractivity contribution in [1.29, 1.82) is 0 Å². The Hall–Kier alpha value is -5.09. The van der Waals surface area contributed by atoms with E-state index in [2.05, 4.69) is 10.6 Å². The molecule has 0 saturated carbocycles. The van der Waals surface area contributed by atoms with Crippen LogP contribution < -0.4 is 21.1 Å². The standard InChI is InChI=1S/C35H36F2N4O4/c1-2-45-29-15-12-24(13-16-29)21-32(40-33(42)28-6-4-3-5-7-28)34(43)41(19-18-25-14-17-30(36)31(37)20-25)35(44)39-23-27-10-8-26(22-38)9-11-27/h3-17,20,32H,2,18-19,21-23,38H2,1H3,(H,39,44)(H,40,42)/t32-/m1/s1. The van der Waals surface area contributed by atoms with Crippen molar-refractivity contribution in [3.05, 3.63) is 137 Å². The van der Waals surface area contributed by atoms with E-state index >= 15 is 0 Å². The molecule has 4 aromatic rings. The van der Waals surface area contributed by atoms with Crippen molar-refractivity contribution in [2.45, 2.75) is 38.9 Å². The normalized spacial score (nSPS) is 11.4. The fourth-order valence-corrected chi connectivity index (χ4v) is 4.66. The van der Waals surface area contributed by atoms with E-state index in [1.54, 1.807) is 54.6 Å². The van der Waals surface area contributed by atoms with Crippen LogP contribution in [-0.4, -0.2) is 41.9 Å². The molecule has 4 amide bonds. The molecule has 4 N–H and O–H groups in total. The molecule has 0 heterocycles. The number of amides is 4. The Bertz CT molecular complexity index is 1580. The van der Waals surface area contributed by atoms with Gasteiger partial charge in [0.2, 0.25) is 0 Å². The number of hydrogen-bond acceptors (Lipinski definition) is 5. The monoisotopic (exact) mass is 614 g/mol. The molecule has 0 aliphatic heterocycles. The number of carbonyl (C=O) groups is 3. The van der Waals surface area contributed by atoms with E-state index in [0.717, 1.165) is 33.7 Å². The Labute approximate surface area is 261 Å². The zero-order valence-corrected chi connectivity index (χ0v) is 25.0. The van der Waals surface area contributed by atoms with Crippen LogP contribution in [-0.2, 0) is 30.7 Å². The first kappa shape index (κ1) is 32.8. The van der Waals surface area contributed by atoms with Crippen LogP contribution in [0, 0.1) is 11.6 Å². The first-order valence-corrected chi connectivity index (χ1v) is 14.7. The number of hydrogen-bond donors (Lipinski definition) is 3. The smallest absolute Gasteiger partial charge is 0.324 e. The van der Waals surface area contributed by atoms with Crippen LogP contribution in [0.5, 0.6) is 5.75 Å². The van der Waals surface area contributed by atoms with Crippen molar-refractivity contribution in [2.75, 3.05) is 13.2 Å². The van der Waals surface area contributed by atoms with E-state index in [9.17, 15) is 23.2 Å². The van der Waals surface area contributed by atoms with Crippen molar-refractivity contribution >= 4 is 17.8 Å². The number of urea groups is 1. The number of nitrogens with zero attached hydrogens (tertiary/aromatic N) is 1. The Morgan fingerprint density at radius 1 is 0.822 bits per heavy atom. The second kappa shape index (κ2) is 16.1. The van der Waals surface area contributed by atoms with Crippen LogP contribution in [0.25, 0.3) is 0 Å². The van der Waals surface area contributed by atoms with Gasteiger partial charge in [0, 0.05) is 31.6 Å². The largest absolute Gasteiger partial charge is 0.494 e. The van der Waals surface area contributed by atoms with Gasteiger partial charge in [0.05, 0.1) is 6.61 Å². The number of ether oxygens (including phenoxy) is 1. The van der Waals surface area contributed by atoms with Gasteiger partial charge in [0.1, 0.15) is 11.8 Å². The summed E-state index contributed by atoms with van der Waals surface area (Å²) in [5.74, 6) is -2.51. The van der Waals surface area contributed by atoms with Crippen molar-refractivity contribution in [1.82, 2.24) is 15.5 Å². The molecule has 234 valence electrons. The number of halogens is 2. The molecule has 0 spiro atoms. The molecule has 1 atom stereocenters. The number of nitrogens with two attached hydrogens (primary N) is 1. The fourth-order valence-electron chi connectivity index (χ4n) is 4.66. The maximum Gasteiger partial charge on any atom is 0.324 e. The number of carbonyl (C=O) groups excluding carboxylic acids is 3. The second-order valence-electron chi connectivity index (χ2n) is 10.3. The zero-order chi connectivity index (χ0) is 32.2. The molecule has 0 aromatic heterocycles. The SMILES string of the molecule is CCOc1ccc(C[C@@H](NC(=O)c2ccccc2)C(=O)N(CCc2ccc(F)c(F)c2)C(=O)NCc2ccc(CN)cc2)cc1. The zero-order valence-electron chi connectivity index (χ0n) is 25.0. The third-order valence-electron chi connectivity index (χ3n) is 7.14. The van der Waals surface area contributed by atoms with Gasteiger partial charge in [-0.15, -0.1) is 0 Å². The third kappa shape index (κ3) is 9.45. The molecule has 10 heteroatoms. The number of nitrogens with one attached hydrogen (secondary N) is 2. The number of rotatable bonds is 13. The van der Waals surface area contributed by atoms with Gasteiger partial charge < -0.3 is 21.1 Å². The van der Waals surface area contributed by atoms with E-state index in [0.29, 0.717) is 30.0 Å². The molecule has 0 radical (unpaired) electrons. The van der Waals surface area contributed by atoms with Crippen molar-refractivity contribution in [3.8, 4) is 5.75 Å². The molecule has 0 bridgehead atoms. The molecular formula is C35H36F2N4O4. The number of benzene rings is 4. The Morgan fingerprint density at radius 2 is 1.47 bits per heavy atom. The van der Waals surface area contributed by atoms with E-state index in [-0.39, 0.29) is 25.9 Å². The topological polar surface area (TPSA) is 114 Å². The molecule has 0 saturated heterocycles. The van der Waals surface area contributed by atoms with Gasteiger partial charge in [0.25, 0.3) is 11.8 Å². The summed E-state index contributed by atoms with van der Waals surface area (Å²) < 4.78 is 33.0. The maximum atomic E-state index is 14.1. The third-order valence-corrected chi connectivity index (χ3v) is 7.14.